The number of ether oxygens (including phenoxy) is 4. The van der Waals surface area contributed by atoms with E-state index in [0.717, 1.165) is 5.56 Å². The lowest BCUT2D eigenvalue weighted by Gasteiger charge is -2.14. The van der Waals surface area contributed by atoms with E-state index in [0.29, 0.717) is 22.8 Å². The molecule has 2 aromatic rings. The first-order valence-electron chi connectivity index (χ1n) is 6.70. The quantitative estimate of drug-likeness (QED) is 0.768. The van der Waals surface area contributed by atoms with Gasteiger partial charge in [0.1, 0.15) is 6.61 Å². The summed E-state index contributed by atoms with van der Waals surface area (Å²) < 4.78 is 21.1. The number of esters is 1. The van der Waals surface area contributed by atoms with Gasteiger partial charge in [0.15, 0.2) is 11.5 Å². The van der Waals surface area contributed by atoms with Crippen molar-refractivity contribution in [2.75, 3.05) is 21.3 Å². The molecule has 0 N–H and O–H groups in total. The summed E-state index contributed by atoms with van der Waals surface area (Å²) in [7, 11) is 4.61. The molecule has 0 fully saturated rings. The summed E-state index contributed by atoms with van der Waals surface area (Å²) in [6.45, 7) is 0.116. The number of carbonyl (C=O) groups excluding carboxylic acids is 1. The van der Waals surface area contributed by atoms with Gasteiger partial charge in [-0.05, 0) is 29.8 Å². The first-order valence-corrected chi connectivity index (χ1v) is 6.70. The summed E-state index contributed by atoms with van der Waals surface area (Å²) in [6.07, 6.45) is 0. The lowest BCUT2D eigenvalue weighted by atomic mass is 10.2. The molecular weight excluding hydrogens is 284 g/mol. The van der Waals surface area contributed by atoms with E-state index in [1.807, 2.05) is 6.07 Å². The second kappa shape index (κ2) is 7.36. The second-order valence-corrected chi connectivity index (χ2v) is 4.48. The van der Waals surface area contributed by atoms with E-state index in [1.165, 1.54) is 21.3 Å². The summed E-state index contributed by atoms with van der Waals surface area (Å²) in [6, 6.07) is 12.3. The average Bonchev–Trinajstić information content (AvgIpc) is 2.59. The molecule has 0 spiro atoms. The number of hydrogen-bond acceptors (Lipinski definition) is 5. The third-order valence-corrected chi connectivity index (χ3v) is 3.10. The molecule has 2 rings (SSSR count). The van der Waals surface area contributed by atoms with Crippen LogP contribution in [-0.4, -0.2) is 27.3 Å². The van der Waals surface area contributed by atoms with Crippen molar-refractivity contribution in [3.63, 3.8) is 0 Å². The molecule has 0 amide bonds. The van der Waals surface area contributed by atoms with Crippen LogP contribution in [0.1, 0.15) is 15.9 Å². The Morgan fingerprint density at radius 3 is 2.00 bits per heavy atom. The van der Waals surface area contributed by atoms with Crippen LogP contribution in [0.2, 0.25) is 0 Å². The molecular formula is C17H18O5. The summed E-state index contributed by atoms with van der Waals surface area (Å²) in [5.41, 5.74) is 1.26. The standard InChI is InChI=1S/C17H18O5/c1-19-14-9-12(10-15(20-2)16(14)21-3)11-22-17(18)13-7-5-4-6-8-13/h4-10H,11H2,1-3H3. The van der Waals surface area contributed by atoms with Gasteiger partial charge in [0.2, 0.25) is 5.75 Å². The number of methoxy groups -OCH3 is 3. The Balaban J connectivity index is 2.14. The minimum Gasteiger partial charge on any atom is -0.493 e. The monoisotopic (exact) mass is 302 g/mol. The van der Waals surface area contributed by atoms with Crippen molar-refractivity contribution in [3.05, 3.63) is 53.6 Å². The third kappa shape index (κ3) is 3.49. The predicted molar refractivity (Wildman–Crippen MR) is 81.7 cm³/mol. The molecule has 0 atom stereocenters. The predicted octanol–water partition coefficient (Wildman–Crippen LogP) is 3.07. The zero-order valence-corrected chi connectivity index (χ0v) is 12.8. The van der Waals surface area contributed by atoms with Gasteiger partial charge in [-0.3, -0.25) is 0 Å². The van der Waals surface area contributed by atoms with Crippen molar-refractivity contribution in [2.45, 2.75) is 6.61 Å². The second-order valence-electron chi connectivity index (χ2n) is 4.48. The Kier molecular flexibility index (Phi) is 5.25. The number of benzene rings is 2. The molecule has 22 heavy (non-hydrogen) atoms. The SMILES string of the molecule is COc1cc(COC(=O)c2ccccc2)cc(OC)c1OC. The highest BCUT2D eigenvalue weighted by molar-refractivity contribution is 5.89. The summed E-state index contributed by atoms with van der Waals surface area (Å²) in [4.78, 5) is 11.9. The minimum atomic E-state index is -0.380. The topological polar surface area (TPSA) is 54.0 Å². The Hall–Kier alpha value is -2.69. The summed E-state index contributed by atoms with van der Waals surface area (Å²) in [5, 5.41) is 0. The summed E-state index contributed by atoms with van der Waals surface area (Å²) in [5.74, 6) is 1.16. The fourth-order valence-corrected chi connectivity index (χ4v) is 2.03. The van der Waals surface area contributed by atoms with E-state index in [2.05, 4.69) is 0 Å². The van der Waals surface area contributed by atoms with Crippen LogP contribution in [0.25, 0.3) is 0 Å². The van der Waals surface area contributed by atoms with Gasteiger partial charge in [0, 0.05) is 0 Å². The average molecular weight is 302 g/mol. The van der Waals surface area contributed by atoms with Crippen LogP contribution in [0, 0.1) is 0 Å². The lowest BCUT2D eigenvalue weighted by molar-refractivity contribution is 0.0472. The molecule has 116 valence electrons. The number of rotatable bonds is 6. The van der Waals surface area contributed by atoms with E-state index in [-0.39, 0.29) is 12.6 Å². The van der Waals surface area contributed by atoms with Crippen molar-refractivity contribution in [1.29, 1.82) is 0 Å². The van der Waals surface area contributed by atoms with Gasteiger partial charge >= 0.3 is 5.97 Å². The van der Waals surface area contributed by atoms with Crippen LogP contribution in [-0.2, 0) is 11.3 Å². The van der Waals surface area contributed by atoms with Gasteiger partial charge in [-0.15, -0.1) is 0 Å². The Morgan fingerprint density at radius 1 is 0.909 bits per heavy atom. The van der Waals surface area contributed by atoms with E-state index < -0.39 is 0 Å². The first-order chi connectivity index (χ1) is 10.7. The molecule has 0 aliphatic heterocycles. The zero-order chi connectivity index (χ0) is 15.9. The largest absolute Gasteiger partial charge is 0.493 e. The molecule has 0 unspecified atom stereocenters. The van der Waals surface area contributed by atoms with Gasteiger partial charge in [-0.2, -0.15) is 0 Å². The molecule has 0 bridgehead atoms. The van der Waals surface area contributed by atoms with Gasteiger partial charge < -0.3 is 18.9 Å². The fourth-order valence-electron chi connectivity index (χ4n) is 2.03. The van der Waals surface area contributed by atoms with Crippen LogP contribution >= 0.6 is 0 Å². The molecule has 0 radical (unpaired) electrons. The van der Waals surface area contributed by atoms with Crippen LogP contribution < -0.4 is 14.2 Å². The van der Waals surface area contributed by atoms with E-state index >= 15 is 0 Å². The van der Waals surface area contributed by atoms with Crippen LogP contribution in [0.4, 0.5) is 0 Å². The third-order valence-electron chi connectivity index (χ3n) is 3.10. The maximum absolute atomic E-state index is 11.9. The van der Waals surface area contributed by atoms with E-state index in [4.69, 9.17) is 18.9 Å². The molecule has 5 heteroatoms. The Morgan fingerprint density at radius 2 is 1.50 bits per heavy atom. The van der Waals surface area contributed by atoms with Crippen molar-refractivity contribution < 1.29 is 23.7 Å². The summed E-state index contributed by atoms with van der Waals surface area (Å²) >= 11 is 0. The lowest BCUT2D eigenvalue weighted by Crippen LogP contribution is -2.05. The molecule has 0 heterocycles. The van der Waals surface area contributed by atoms with Gasteiger partial charge in [0.05, 0.1) is 26.9 Å². The van der Waals surface area contributed by atoms with Crippen molar-refractivity contribution in [2.24, 2.45) is 0 Å². The highest BCUT2D eigenvalue weighted by Crippen LogP contribution is 2.38. The smallest absolute Gasteiger partial charge is 0.338 e. The molecule has 5 nitrogen and oxygen atoms in total. The number of hydrogen-bond donors (Lipinski definition) is 0. The van der Waals surface area contributed by atoms with Gasteiger partial charge in [-0.25, -0.2) is 4.79 Å². The van der Waals surface area contributed by atoms with Gasteiger partial charge in [0.25, 0.3) is 0 Å². The van der Waals surface area contributed by atoms with Crippen molar-refractivity contribution in [3.8, 4) is 17.2 Å². The Bertz CT molecular complexity index is 612. The molecule has 2 aromatic carbocycles. The highest BCUT2D eigenvalue weighted by atomic mass is 16.5. The van der Waals surface area contributed by atoms with Crippen LogP contribution in [0.15, 0.2) is 42.5 Å². The maximum atomic E-state index is 11.9. The van der Waals surface area contributed by atoms with E-state index in [9.17, 15) is 4.79 Å². The molecule has 0 aliphatic rings. The molecule has 0 aromatic heterocycles. The normalized spacial score (nSPS) is 9.95. The molecule has 0 aliphatic carbocycles. The Labute approximate surface area is 129 Å². The zero-order valence-electron chi connectivity index (χ0n) is 12.8. The van der Waals surface area contributed by atoms with Gasteiger partial charge in [-0.1, -0.05) is 18.2 Å². The van der Waals surface area contributed by atoms with E-state index in [1.54, 1.807) is 36.4 Å². The highest BCUT2D eigenvalue weighted by Gasteiger charge is 2.14. The minimum absolute atomic E-state index is 0.116. The maximum Gasteiger partial charge on any atom is 0.338 e. The fraction of sp³-hybridized carbons (Fsp3) is 0.235. The van der Waals surface area contributed by atoms with Crippen LogP contribution in [0.5, 0.6) is 17.2 Å². The first kappa shape index (κ1) is 15.7. The molecule has 0 saturated carbocycles. The molecule has 0 saturated heterocycles. The van der Waals surface area contributed by atoms with Crippen LogP contribution in [0.3, 0.4) is 0 Å². The number of carbonyl (C=O) groups is 1. The van der Waals surface area contributed by atoms with Crippen molar-refractivity contribution in [1.82, 2.24) is 0 Å². The van der Waals surface area contributed by atoms with Crippen molar-refractivity contribution >= 4 is 5.97 Å².